The second-order valence-corrected chi connectivity index (χ2v) is 4.39. The molecule has 0 saturated heterocycles. The van der Waals surface area contributed by atoms with Crippen LogP contribution in [0.25, 0.3) is 0 Å². The molecule has 82 valence electrons. The number of rotatable bonds is 5. The molecule has 4 heteroatoms. The van der Waals surface area contributed by atoms with Gasteiger partial charge in [-0.3, -0.25) is 4.79 Å². The standard InChI is InChI=1S/C11H17N3O/c1-3-8(2)14-11(6-9-4-5-9)10(7-15)12-13-14/h7-9H,3-6H2,1-2H3. The van der Waals surface area contributed by atoms with Crippen molar-refractivity contribution in [1.82, 2.24) is 15.0 Å². The van der Waals surface area contributed by atoms with E-state index < -0.39 is 0 Å². The van der Waals surface area contributed by atoms with Crippen LogP contribution in [0, 0.1) is 5.92 Å². The highest BCUT2D eigenvalue weighted by molar-refractivity contribution is 5.73. The van der Waals surface area contributed by atoms with Gasteiger partial charge in [-0.25, -0.2) is 4.68 Å². The third-order valence-corrected chi connectivity index (χ3v) is 3.12. The van der Waals surface area contributed by atoms with Gasteiger partial charge < -0.3 is 0 Å². The smallest absolute Gasteiger partial charge is 0.172 e. The Balaban J connectivity index is 2.26. The van der Waals surface area contributed by atoms with E-state index in [4.69, 9.17) is 0 Å². The monoisotopic (exact) mass is 207 g/mol. The molecular formula is C11H17N3O. The maximum absolute atomic E-state index is 10.8. The van der Waals surface area contributed by atoms with Crippen LogP contribution in [0.4, 0.5) is 0 Å². The van der Waals surface area contributed by atoms with Crippen LogP contribution in [0.1, 0.15) is 55.3 Å². The summed E-state index contributed by atoms with van der Waals surface area (Å²) in [5, 5.41) is 8.00. The molecule has 1 unspecified atom stereocenters. The lowest BCUT2D eigenvalue weighted by Crippen LogP contribution is -2.11. The molecule has 1 aromatic rings. The van der Waals surface area contributed by atoms with E-state index in [2.05, 4.69) is 24.2 Å². The van der Waals surface area contributed by atoms with Crippen molar-refractivity contribution in [3.8, 4) is 0 Å². The van der Waals surface area contributed by atoms with Gasteiger partial charge in [0.1, 0.15) is 5.69 Å². The van der Waals surface area contributed by atoms with Crippen molar-refractivity contribution in [2.24, 2.45) is 5.92 Å². The first-order chi connectivity index (χ1) is 7.26. The molecule has 15 heavy (non-hydrogen) atoms. The van der Waals surface area contributed by atoms with Crippen molar-refractivity contribution in [1.29, 1.82) is 0 Å². The summed E-state index contributed by atoms with van der Waals surface area (Å²) in [7, 11) is 0. The van der Waals surface area contributed by atoms with Crippen molar-refractivity contribution in [2.75, 3.05) is 0 Å². The van der Waals surface area contributed by atoms with Gasteiger partial charge >= 0.3 is 0 Å². The Morgan fingerprint density at radius 2 is 2.33 bits per heavy atom. The summed E-state index contributed by atoms with van der Waals surface area (Å²) >= 11 is 0. The highest BCUT2D eigenvalue weighted by Gasteiger charge is 2.26. The minimum absolute atomic E-state index is 0.333. The molecule has 0 amide bonds. The topological polar surface area (TPSA) is 47.8 Å². The second-order valence-electron chi connectivity index (χ2n) is 4.39. The van der Waals surface area contributed by atoms with E-state index in [1.54, 1.807) is 0 Å². The molecule has 4 nitrogen and oxygen atoms in total. The predicted octanol–water partition coefficient (Wildman–Crippen LogP) is 2.01. The lowest BCUT2D eigenvalue weighted by molar-refractivity contribution is 0.111. The zero-order valence-corrected chi connectivity index (χ0v) is 9.31. The quantitative estimate of drug-likeness (QED) is 0.694. The van der Waals surface area contributed by atoms with Crippen LogP contribution >= 0.6 is 0 Å². The van der Waals surface area contributed by atoms with Gasteiger partial charge in [0.2, 0.25) is 0 Å². The number of hydrogen-bond acceptors (Lipinski definition) is 3. The molecule has 0 radical (unpaired) electrons. The van der Waals surface area contributed by atoms with Gasteiger partial charge in [-0.15, -0.1) is 5.10 Å². The average molecular weight is 207 g/mol. The van der Waals surface area contributed by atoms with Crippen LogP contribution in [-0.4, -0.2) is 21.3 Å². The maximum atomic E-state index is 10.8. The number of nitrogens with zero attached hydrogens (tertiary/aromatic N) is 3. The summed E-state index contributed by atoms with van der Waals surface area (Å²) in [5.41, 5.74) is 1.56. The van der Waals surface area contributed by atoms with E-state index in [1.807, 2.05) is 4.68 Å². The summed E-state index contributed by atoms with van der Waals surface area (Å²) in [6.45, 7) is 4.23. The lowest BCUT2D eigenvalue weighted by atomic mass is 10.1. The minimum atomic E-state index is 0.333. The molecule has 1 fully saturated rings. The van der Waals surface area contributed by atoms with Gasteiger partial charge in [0.25, 0.3) is 0 Å². The van der Waals surface area contributed by atoms with Crippen molar-refractivity contribution in [2.45, 2.75) is 45.6 Å². The molecule has 1 aromatic heterocycles. The first kappa shape index (κ1) is 10.3. The second kappa shape index (κ2) is 4.13. The Hall–Kier alpha value is -1.19. The number of aldehydes is 1. The fraction of sp³-hybridized carbons (Fsp3) is 0.727. The van der Waals surface area contributed by atoms with Crippen LogP contribution in [0.3, 0.4) is 0 Å². The number of carbonyl (C=O) groups excluding carboxylic acids is 1. The van der Waals surface area contributed by atoms with E-state index in [-0.39, 0.29) is 0 Å². The van der Waals surface area contributed by atoms with Crippen molar-refractivity contribution >= 4 is 6.29 Å². The number of hydrogen-bond donors (Lipinski definition) is 0. The molecule has 1 atom stereocenters. The summed E-state index contributed by atoms with van der Waals surface area (Å²) in [6, 6.07) is 0.333. The van der Waals surface area contributed by atoms with Crippen LogP contribution < -0.4 is 0 Å². The van der Waals surface area contributed by atoms with Crippen LogP contribution in [-0.2, 0) is 6.42 Å². The zero-order valence-electron chi connectivity index (χ0n) is 9.31. The van der Waals surface area contributed by atoms with Gasteiger partial charge in [-0.1, -0.05) is 12.1 Å². The highest BCUT2D eigenvalue weighted by atomic mass is 16.1. The first-order valence-electron chi connectivity index (χ1n) is 5.65. The van der Waals surface area contributed by atoms with Gasteiger partial charge in [0, 0.05) is 0 Å². The summed E-state index contributed by atoms with van der Waals surface area (Å²) < 4.78 is 1.92. The van der Waals surface area contributed by atoms with Crippen molar-refractivity contribution in [3.05, 3.63) is 11.4 Å². The molecule has 1 heterocycles. The Bertz CT molecular complexity index is 355. The fourth-order valence-electron chi connectivity index (χ4n) is 1.74. The summed E-state index contributed by atoms with van der Waals surface area (Å²) in [6.07, 6.45) is 5.36. The van der Waals surface area contributed by atoms with Gasteiger partial charge in [-0.05, 0) is 38.5 Å². The fourth-order valence-corrected chi connectivity index (χ4v) is 1.74. The van der Waals surface area contributed by atoms with Gasteiger partial charge in [-0.2, -0.15) is 0 Å². The van der Waals surface area contributed by atoms with E-state index in [0.717, 1.165) is 30.7 Å². The molecule has 1 aliphatic carbocycles. The first-order valence-corrected chi connectivity index (χ1v) is 5.65. The molecule has 0 spiro atoms. The van der Waals surface area contributed by atoms with E-state index in [1.165, 1.54) is 12.8 Å². The molecule has 0 N–H and O–H groups in total. The Morgan fingerprint density at radius 1 is 1.60 bits per heavy atom. The van der Waals surface area contributed by atoms with Crippen molar-refractivity contribution < 1.29 is 4.79 Å². The third kappa shape index (κ3) is 2.08. The molecule has 2 rings (SSSR count). The molecule has 0 aliphatic heterocycles. The van der Waals surface area contributed by atoms with E-state index >= 15 is 0 Å². The minimum Gasteiger partial charge on any atom is -0.296 e. The molecule has 0 aromatic carbocycles. The predicted molar refractivity (Wildman–Crippen MR) is 56.8 cm³/mol. The largest absolute Gasteiger partial charge is 0.296 e. The highest BCUT2D eigenvalue weighted by Crippen LogP contribution is 2.33. The molecule has 0 bridgehead atoms. The summed E-state index contributed by atoms with van der Waals surface area (Å²) in [4.78, 5) is 10.8. The van der Waals surface area contributed by atoms with Gasteiger partial charge in [0.15, 0.2) is 6.29 Å². The number of aromatic nitrogens is 3. The SMILES string of the molecule is CCC(C)n1nnc(C=O)c1CC1CC1. The Morgan fingerprint density at radius 3 is 2.87 bits per heavy atom. The third-order valence-electron chi connectivity index (χ3n) is 3.12. The van der Waals surface area contributed by atoms with Crippen molar-refractivity contribution in [3.63, 3.8) is 0 Å². The van der Waals surface area contributed by atoms with E-state index in [9.17, 15) is 4.79 Å². The molecular weight excluding hydrogens is 190 g/mol. The van der Waals surface area contributed by atoms with E-state index in [0.29, 0.717) is 11.7 Å². The maximum Gasteiger partial charge on any atom is 0.172 e. The van der Waals surface area contributed by atoms with Crippen LogP contribution in [0.2, 0.25) is 0 Å². The molecule has 1 saturated carbocycles. The lowest BCUT2D eigenvalue weighted by Gasteiger charge is -2.12. The number of carbonyl (C=O) groups is 1. The Kier molecular flexibility index (Phi) is 2.84. The summed E-state index contributed by atoms with van der Waals surface area (Å²) in [5.74, 6) is 0.755. The Labute approximate surface area is 89.7 Å². The van der Waals surface area contributed by atoms with Crippen LogP contribution in [0.15, 0.2) is 0 Å². The zero-order chi connectivity index (χ0) is 10.8. The van der Waals surface area contributed by atoms with Crippen LogP contribution in [0.5, 0.6) is 0 Å². The molecule has 1 aliphatic rings. The normalized spacial score (nSPS) is 17.7. The van der Waals surface area contributed by atoms with Gasteiger partial charge in [0.05, 0.1) is 11.7 Å². The average Bonchev–Trinajstić information content (AvgIpc) is 2.97.